The molecule has 2 aromatic rings. The first-order chi connectivity index (χ1) is 10.1. The van der Waals surface area contributed by atoms with Crippen molar-refractivity contribution in [3.05, 3.63) is 64.2 Å². The first-order valence-corrected chi connectivity index (χ1v) is 7.60. The van der Waals surface area contributed by atoms with Crippen LogP contribution >= 0.6 is 0 Å². The van der Waals surface area contributed by atoms with Crippen LogP contribution in [0.4, 0.5) is 0 Å². The molecule has 0 fully saturated rings. The fourth-order valence-corrected chi connectivity index (χ4v) is 3.77. The largest absolute Gasteiger partial charge is 0.294 e. The van der Waals surface area contributed by atoms with Crippen LogP contribution in [-0.4, -0.2) is 5.78 Å². The number of benzene rings is 2. The predicted octanol–water partition coefficient (Wildman–Crippen LogP) is 4.73. The number of Topliss-reactive ketones (excluding diaryl/α,β-unsaturated/α-hetero) is 1. The van der Waals surface area contributed by atoms with Crippen molar-refractivity contribution in [2.45, 2.75) is 26.7 Å². The van der Waals surface area contributed by atoms with Crippen LogP contribution in [0.5, 0.6) is 0 Å². The molecule has 104 valence electrons. The van der Waals surface area contributed by atoms with E-state index in [0.29, 0.717) is 5.92 Å². The fourth-order valence-electron chi connectivity index (χ4n) is 3.77. The maximum Gasteiger partial charge on any atom is 0.160 e. The smallest absolute Gasteiger partial charge is 0.160 e. The van der Waals surface area contributed by atoms with E-state index < -0.39 is 0 Å². The van der Waals surface area contributed by atoms with E-state index >= 15 is 0 Å². The average Bonchev–Trinajstić information content (AvgIpc) is 2.75. The zero-order chi connectivity index (χ0) is 14.6. The minimum atomic E-state index is 0.152. The van der Waals surface area contributed by atoms with Crippen molar-refractivity contribution < 1.29 is 4.79 Å². The number of carbonyl (C=O) groups excluding carboxylic acids is 1. The van der Waals surface area contributed by atoms with Gasteiger partial charge in [0.05, 0.1) is 0 Å². The molecule has 0 aliphatic heterocycles. The zero-order valence-corrected chi connectivity index (χ0v) is 12.4. The standard InChI is InChI=1S/C20H18O/c1-12-10-16-7-8-17(13(2)21)18-9-6-14-4-3-5-15(12)11-19(14)20(16)18/h3-9,12H,10-11H2,1-2H3. The number of rotatable bonds is 1. The minimum Gasteiger partial charge on any atom is -0.294 e. The number of fused-ring (bicyclic) bond motifs is 1. The van der Waals surface area contributed by atoms with Crippen molar-refractivity contribution in [3.63, 3.8) is 0 Å². The van der Waals surface area contributed by atoms with Crippen molar-refractivity contribution >= 4 is 22.6 Å². The molecule has 2 aromatic carbocycles. The summed E-state index contributed by atoms with van der Waals surface area (Å²) in [5.41, 5.74) is 6.43. The number of hydrogen-bond donors (Lipinski definition) is 0. The molecule has 0 saturated heterocycles. The number of carbonyl (C=O) groups is 1. The van der Waals surface area contributed by atoms with E-state index in [0.717, 1.165) is 23.8 Å². The lowest BCUT2D eigenvalue weighted by atomic mass is 9.90. The second-order valence-electron chi connectivity index (χ2n) is 6.27. The summed E-state index contributed by atoms with van der Waals surface area (Å²) in [6.07, 6.45) is 8.71. The van der Waals surface area contributed by atoms with Crippen molar-refractivity contribution in [1.82, 2.24) is 0 Å². The molecule has 0 amide bonds. The summed E-state index contributed by atoms with van der Waals surface area (Å²) in [4.78, 5) is 11.9. The Morgan fingerprint density at radius 2 is 2.05 bits per heavy atom. The lowest BCUT2D eigenvalue weighted by Gasteiger charge is -2.13. The summed E-state index contributed by atoms with van der Waals surface area (Å²) < 4.78 is 0. The lowest BCUT2D eigenvalue weighted by molar-refractivity contribution is 0.101. The van der Waals surface area contributed by atoms with Gasteiger partial charge in [0.2, 0.25) is 0 Å². The Hall–Kier alpha value is -2.15. The molecule has 4 rings (SSSR count). The molecular formula is C20H18O. The average molecular weight is 274 g/mol. The highest BCUT2D eigenvalue weighted by atomic mass is 16.1. The van der Waals surface area contributed by atoms with Gasteiger partial charge in [0.1, 0.15) is 0 Å². The van der Waals surface area contributed by atoms with Gasteiger partial charge in [-0.3, -0.25) is 4.79 Å². The number of allylic oxidation sites excluding steroid dienone is 3. The van der Waals surface area contributed by atoms with Gasteiger partial charge in [-0.05, 0) is 53.1 Å². The Bertz CT molecular complexity index is 837. The van der Waals surface area contributed by atoms with Gasteiger partial charge in [0, 0.05) is 5.56 Å². The van der Waals surface area contributed by atoms with Crippen LogP contribution in [0.15, 0.2) is 42.0 Å². The SMILES string of the molecule is CC(=O)c1ccc2c3c4c(ccc13)C=CC=C(C4)C(C)C2. The van der Waals surface area contributed by atoms with Crippen molar-refractivity contribution in [2.75, 3.05) is 0 Å². The van der Waals surface area contributed by atoms with E-state index in [4.69, 9.17) is 0 Å². The Labute approximate surface area is 125 Å². The summed E-state index contributed by atoms with van der Waals surface area (Å²) in [6.45, 7) is 3.97. The molecule has 2 aliphatic carbocycles. The molecule has 0 radical (unpaired) electrons. The van der Waals surface area contributed by atoms with Gasteiger partial charge in [0.15, 0.2) is 5.78 Å². The highest BCUT2D eigenvalue weighted by Crippen LogP contribution is 2.38. The van der Waals surface area contributed by atoms with Crippen LogP contribution in [0.1, 0.15) is 40.9 Å². The molecule has 1 unspecified atom stereocenters. The topological polar surface area (TPSA) is 17.1 Å². The second-order valence-corrected chi connectivity index (χ2v) is 6.27. The third-order valence-electron chi connectivity index (χ3n) is 4.92. The molecule has 1 atom stereocenters. The van der Waals surface area contributed by atoms with Crippen LogP contribution in [0.2, 0.25) is 0 Å². The van der Waals surface area contributed by atoms with E-state index in [2.05, 4.69) is 43.4 Å². The van der Waals surface area contributed by atoms with Crippen LogP contribution in [0, 0.1) is 5.92 Å². The van der Waals surface area contributed by atoms with Crippen LogP contribution < -0.4 is 0 Å². The number of hydrogen-bond acceptors (Lipinski definition) is 1. The first-order valence-electron chi connectivity index (χ1n) is 7.60. The highest BCUT2D eigenvalue weighted by Gasteiger charge is 2.23. The van der Waals surface area contributed by atoms with Crippen LogP contribution in [0.3, 0.4) is 0 Å². The summed E-state index contributed by atoms with van der Waals surface area (Å²) in [5, 5.41) is 2.45. The first kappa shape index (κ1) is 12.6. The van der Waals surface area contributed by atoms with E-state index in [-0.39, 0.29) is 5.78 Å². The molecule has 1 heteroatoms. The van der Waals surface area contributed by atoms with Crippen molar-refractivity contribution in [2.24, 2.45) is 5.92 Å². The maximum absolute atomic E-state index is 11.9. The maximum atomic E-state index is 11.9. The fraction of sp³-hybridized carbons (Fsp3) is 0.250. The molecule has 0 saturated carbocycles. The van der Waals surface area contributed by atoms with Crippen molar-refractivity contribution in [3.8, 4) is 0 Å². The van der Waals surface area contributed by atoms with Crippen molar-refractivity contribution in [1.29, 1.82) is 0 Å². The lowest BCUT2D eigenvalue weighted by Crippen LogP contribution is -2.02. The predicted molar refractivity (Wildman–Crippen MR) is 87.6 cm³/mol. The number of ketones is 1. The normalized spacial score (nSPS) is 19.3. The molecule has 0 N–H and O–H groups in total. The molecule has 1 nitrogen and oxygen atoms in total. The quantitative estimate of drug-likeness (QED) is 0.687. The van der Waals surface area contributed by atoms with Gasteiger partial charge in [-0.25, -0.2) is 0 Å². The molecule has 2 aliphatic rings. The van der Waals surface area contributed by atoms with Gasteiger partial charge in [-0.2, -0.15) is 0 Å². The monoisotopic (exact) mass is 274 g/mol. The molecule has 0 spiro atoms. The molecular weight excluding hydrogens is 256 g/mol. The zero-order valence-electron chi connectivity index (χ0n) is 12.4. The van der Waals surface area contributed by atoms with E-state index in [9.17, 15) is 4.79 Å². The Balaban J connectivity index is 2.16. The highest BCUT2D eigenvalue weighted by molar-refractivity contribution is 6.09. The van der Waals surface area contributed by atoms with Gasteiger partial charge < -0.3 is 0 Å². The van der Waals surface area contributed by atoms with E-state index in [1.807, 2.05) is 6.07 Å². The van der Waals surface area contributed by atoms with Gasteiger partial charge >= 0.3 is 0 Å². The third kappa shape index (κ3) is 1.80. The van der Waals surface area contributed by atoms with Gasteiger partial charge in [-0.15, -0.1) is 0 Å². The Morgan fingerprint density at radius 3 is 2.86 bits per heavy atom. The van der Waals surface area contributed by atoms with Crippen LogP contribution in [0.25, 0.3) is 16.8 Å². The summed E-state index contributed by atoms with van der Waals surface area (Å²) in [7, 11) is 0. The minimum absolute atomic E-state index is 0.152. The molecule has 21 heavy (non-hydrogen) atoms. The Kier molecular flexibility index (Phi) is 2.65. The summed E-state index contributed by atoms with van der Waals surface area (Å²) in [5.74, 6) is 0.707. The van der Waals surface area contributed by atoms with E-state index in [1.54, 1.807) is 6.92 Å². The molecule has 0 aromatic heterocycles. The van der Waals surface area contributed by atoms with Gasteiger partial charge in [-0.1, -0.05) is 55.0 Å². The molecule has 2 bridgehead atoms. The molecule has 0 heterocycles. The second kappa shape index (κ2) is 4.42. The summed E-state index contributed by atoms with van der Waals surface area (Å²) in [6, 6.07) is 8.46. The Morgan fingerprint density at radius 1 is 1.19 bits per heavy atom. The van der Waals surface area contributed by atoms with E-state index in [1.165, 1.54) is 27.6 Å². The van der Waals surface area contributed by atoms with Crippen LogP contribution in [-0.2, 0) is 12.8 Å². The van der Waals surface area contributed by atoms with Gasteiger partial charge in [0.25, 0.3) is 0 Å². The third-order valence-corrected chi connectivity index (χ3v) is 4.92. The summed E-state index contributed by atoms with van der Waals surface area (Å²) >= 11 is 0.